The summed E-state index contributed by atoms with van der Waals surface area (Å²) in [5.41, 5.74) is 0.927. The quantitative estimate of drug-likeness (QED) is 0.710. The number of aromatic nitrogens is 1. The van der Waals surface area contributed by atoms with E-state index in [4.69, 9.17) is 0 Å². The molecule has 0 aliphatic carbocycles. The first-order valence-corrected chi connectivity index (χ1v) is 4.57. The molecule has 1 aromatic heterocycles. The zero-order valence-electron chi connectivity index (χ0n) is 7.75. The molecule has 68 valence electrons. The topological polar surface area (TPSA) is 36.0 Å². The molecular formula is C10H17NO. The minimum atomic E-state index is -0.333. The van der Waals surface area contributed by atoms with E-state index in [1.807, 2.05) is 18.3 Å². The van der Waals surface area contributed by atoms with Gasteiger partial charge in [0.2, 0.25) is 0 Å². The van der Waals surface area contributed by atoms with Gasteiger partial charge in [0.15, 0.2) is 0 Å². The molecule has 0 aromatic carbocycles. The predicted octanol–water partition coefficient (Wildman–Crippen LogP) is 2.48. The van der Waals surface area contributed by atoms with Crippen LogP contribution in [0, 0.1) is 5.92 Å². The molecule has 2 N–H and O–H groups in total. The van der Waals surface area contributed by atoms with Gasteiger partial charge in [-0.05, 0) is 24.5 Å². The maximum atomic E-state index is 9.78. The number of aromatic amines is 1. The van der Waals surface area contributed by atoms with Crippen LogP contribution >= 0.6 is 0 Å². The summed E-state index contributed by atoms with van der Waals surface area (Å²) in [5.74, 6) is 0.341. The van der Waals surface area contributed by atoms with Crippen LogP contribution in [0.4, 0.5) is 0 Å². The summed E-state index contributed by atoms with van der Waals surface area (Å²) in [6, 6.07) is 3.84. The van der Waals surface area contributed by atoms with E-state index in [2.05, 4.69) is 18.8 Å². The summed E-state index contributed by atoms with van der Waals surface area (Å²) in [5, 5.41) is 9.78. The molecule has 12 heavy (non-hydrogen) atoms. The van der Waals surface area contributed by atoms with Crippen LogP contribution in [-0.4, -0.2) is 10.1 Å². The normalized spacial score (nSPS) is 15.9. The van der Waals surface area contributed by atoms with Crippen molar-refractivity contribution in [3.05, 3.63) is 24.0 Å². The average Bonchev–Trinajstić information content (AvgIpc) is 2.55. The summed E-state index contributed by atoms with van der Waals surface area (Å²) >= 11 is 0. The van der Waals surface area contributed by atoms with E-state index >= 15 is 0 Å². The maximum Gasteiger partial charge on any atom is 0.0963 e. The molecule has 0 amide bonds. The number of aliphatic hydroxyl groups is 1. The highest BCUT2D eigenvalue weighted by molar-refractivity contribution is 5.07. The van der Waals surface area contributed by atoms with Crippen molar-refractivity contribution in [2.75, 3.05) is 0 Å². The fourth-order valence-corrected chi connectivity index (χ4v) is 1.45. The summed E-state index contributed by atoms with van der Waals surface area (Å²) in [6.45, 7) is 4.22. The van der Waals surface area contributed by atoms with Gasteiger partial charge in [0.1, 0.15) is 0 Å². The third kappa shape index (κ3) is 2.11. The molecule has 0 bridgehead atoms. The van der Waals surface area contributed by atoms with Crippen molar-refractivity contribution in [2.24, 2.45) is 5.92 Å². The number of H-pyrrole nitrogens is 1. The van der Waals surface area contributed by atoms with Gasteiger partial charge >= 0.3 is 0 Å². The Hall–Kier alpha value is -0.760. The SMILES string of the molecule is CCCC(C)C(O)c1ccc[nH]1. The first kappa shape index (κ1) is 9.33. The number of hydrogen-bond donors (Lipinski definition) is 2. The monoisotopic (exact) mass is 167 g/mol. The average molecular weight is 167 g/mol. The molecule has 0 saturated carbocycles. The number of rotatable bonds is 4. The van der Waals surface area contributed by atoms with Crippen molar-refractivity contribution in [1.82, 2.24) is 4.98 Å². The van der Waals surface area contributed by atoms with Crippen molar-refractivity contribution in [1.29, 1.82) is 0 Å². The Balaban J connectivity index is 2.53. The minimum Gasteiger partial charge on any atom is -0.387 e. The molecule has 1 rings (SSSR count). The molecule has 2 unspecified atom stereocenters. The molecule has 0 radical (unpaired) electrons. The van der Waals surface area contributed by atoms with Crippen LogP contribution < -0.4 is 0 Å². The molecule has 0 saturated heterocycles. The van der Waals surface area contributed by atoms with Gasteiger partial charge < -0.3 is 10.1 Å². The lowest BCUT2D eigenvalue weighted by molar-refractivity contribution is 0.108. The van der Waals surface area contributed by atoms with E-state index in [0.29, 0.717) is 5.92 Å². The second-order valence-corrected chi connectivity index (χ2v) is 3.34. The van der Waals surface area contributed by atoms with Gasteiger partial charge in [-0.2, -0.15) is 0 Å². The minimum absolute atomic E-state index is 0.333. The third-order valence-electron chi connectivity index (χ3n) is 2.22. The standard InChI is InChI=1S/C10H17NO/c1-3-5-8(2)10(12)9-6-4-7-11-9/h4,6-8,10-12H,3,5H2,1-2H3. The highest BCUT2D eigenvalue weighted by atomic mass is 16.3. The van der Waals surface area contributed by atoms with Gasteiger partial charge in [0.05, 0.1) is 6.10 Å². The van der Waals surface area contributed by atoms with E-state index in [0.717, 1.165) is 18.5 Å². The molecule has 1 heterocycles. The zero-order valence-corrected chi connectivity index (χ0v) is 7.75. The van der Waals surface area contributed by atoms with E-state index in [1.54, 1.807) is 0 Å². The molecule has 0 aliphatic rings. The van der Waals surface area contributed by atoms with Gasteiger partial charge in [-0.3, -0.25) is 0 Å². The summed E-state index contributed by atoms with van der Waals surface area (Å²) < 4.78 is 0. The summed E-state index contributed by atoms with van der Waals surface area (Å²) in [6.07, 6.45) is 3.70. The van der Waals surface area contributed by atoms with Crippen molar-refractivity contribution in [2.45, 2.75) is 32.8 Å². The highest BCUT2D eigenvalue weighted by Gasteiger charge is 2.15. The molecule has 2 atom stereocenters. The number of nitrogens with one attached hydrogen (secondary N) is 1. The molecule has 0 fully saturated rings. The van der Waals surface area contributed by atoms with Gasteiger partial charge in [-0.15, -0.1) is 0 Å². The molecule has 0 aliphatic heterocycles. The van der Waals surface area contributed by atoms with E-state index in [-0.39, 0.29) is 6.10 Å². The Labute approximate surface area is 73.6 Å². The second-order valence-electron chi connectivity index (χ2n) is 3.34. The van der Waals surface area contributed by atoms with E-state index < -0.39 is 0 Å². The molecular weight excluding hydrogens is 150 g/mol. The van der Waals surface area contributed by atoms with E-state index in [1.165, 1.54) is 0 Å². The maximum absolute atomic E-state index is 9.78. The molecule has 0 spiro atoms. The Morgan fingerprint density at radius 1 is 1.58 bits per heavy atom. The fraction of sp³-hybridized carbons (Fsp3) is 0.600. The zero-order chi connectivity index (χ0) is 8.97. The van der Waals surface area contributed by atoms with Crippen LogP contribution in [0.5, 0.6) is 0 Å². The van der Waals surface area contributed by atoms with Crippen LogP contribution in [0.2, 0.25) is 0 Å². The van der Waals surface area contributed by atoms with Gasteiger partial charge in [0, 0.05) is 11.9 Å². The van der Waals surface area contributed by atoms with Crippen molar-refractivity contribution < 1.29 is 5.11 Å². The lowest BCUT2D eigenvalue weighted by Gasteiger charge is -2.16. The van der Waals surface area contributed by atoms with Crippen LogP contribution in [-0.2, 0) is 0 Å². The molecule has 1 aromatic rings. The lowest BCUT2D eigenvalue weighted by atomic mass is 9.97. The highest BCUT2D eigenvalue weighted by Crippen LogP contribution is 2.23. The second kappa shape index (κ2) is 4.31. The summed E-state index contributed by atoms with van der Waals surface area (Å²) in [7, 11) is 0. The van der Waals surface area contributed by atoms with Crippen molar-refractivity contribution in [3.63, 3.8) is 0 Å². The molecule has 2 heteroatoms. The Morgan fingerprint density at radius 3 is 2.83 bits per heavy atom. The Bertz CT molecular complexity index is 206. The Kier molecular flexibility index (Phi) is 3.35. The lowest BCUT2D eigenvalue weighted by Crippen LogP contribution is -2.08. The Morgan fingerprint density at radius 2 is 2.33 bits per heavy atom. The number of aliphatic hydroxyl groups excluding tert-OH is 1. The van der Waals surface area contributed by atoms with Crippen LogP contribution in [0.25, 0.3) is 0 Å². The van der Waals surface area contributed by atoms with Gasteiger partial charge in [-0.1, -0.05) is 20.3 Å². The largest absolute Gasteiger partial charge is 0.387 e. The first-order chi connectivity index (χ1) is 5.75. The van der Waals surface area contributed by atoms with Crippen LogP contribution in [0.15, 0.2) is 18.3 Å². The first-order valence-electron chi connectivity index (χ1n) is 4.57. The predicted molar refractivity (Wildman–Crippen MR) is 49.8 cm³/mol. The van der Waals surface area contributed by atoms with Gasteiger partial charge in [0.25, 0.3) is 0 Å². The van der Waals surface area contributed by atoms with E-state index in [9.17, 15) is 5.11 Å². The number of hydrogen-bond acceptors (Lipinski definition) is 1. The molecule has 2 nitrogen and oxygen atoms in total. The van der Waals surface area contributed by atoms with Crippen molar-refractivity contribution in [3.8, 4) is 0 Å². The smallest absolute Gasteiger partial charge is 0.0963 e. The van der Waals surface area contributed by atoms with Crippen LogP contribution in [0.1, 0.15) is 38.5 Å². The summed E-state index contributed by atoms with van der Waals surface area (Å²) in [4.78, 5) is 3.03. The van der Waals surface area contributed by atoms with Crippen LogP contribution in [0.3, 0.4) is 0 Å². The fourth-order valence-electron chi connectivity index (χ4n) is 1.45. The third-order valence-corrected chi connectivity index (χ3v) is 2.22. The van der Waals surface area contributed by atoms with Gasteiger partial charge in [-0.25, -0.2) is 0 Å². The van der Waals surface area contributed by atoms with Crippen molar-refractivity contribution >= 4 is 0 Å².